The number of ether oxygens (including phenoxy) is 2. The van der Waals surface area contributed by atoms with Crippen molar-refractivity contribution < 1.29 is 14.3 Å². The number of Topliss-reactive ketones (excluding diaryl/α,β-unsaturated/α-hetero) is 1. The predicted octanol–water partition coefficient (Wildman–Crippen LogP) is 2.19. The van der Waals surface area contributed by atoms with Crippen LogP contribution < -0.4 is 0 Å². The monoisotopic (exact) mass is 202 g/mol. The van der Waals surface area contributed by atoms with Gasteiger partial charge in [0, 0.05) is 33.2 Å². The van der Waals surface area contributed by atoms with E-state index in [9.17, 15) is 4.79 Å². The van der Waals surface area contributed by atoms with Crippen LogP contribution in [0.1, 0.15) is 39.0 Å². The molecule has 0 aromatic heterocycles. The molecule has 0 unspecified atom stereocenters. The lowest BCUT2D eigenvalue weighted by Crippen LogP contribution is -2.04. The second-order valence-electron chi connectivity index (χ2n) is 3.31. The van der Waals surface area contributed by atoms with Crippen LogP contribution in [-0.4, -0.2) is 32.7 Å². The highest BCUT2D eigenvalue weighted by atomic mass is 16.5. The molecular weight excluding hydrogens is 180 g/mol. The highest BCUT2D eigenvalue weighted by Gasteiger charge is 1.97. The minimum Gasteiger partial charge on any atom is -0.385 e. The van der Waals surface area contributed by atoms with Crippen LogP contribution in [-0.2, 0) is 14.3 Å². The third kappa shape index (κ3) is 9.68. The van der Waals surface area contributed by atoms with Crippen molar-refractivity contribution in [1.82, 2.24) is 0 Å². The van der Waals surface area contributed by atoms with E-state index in [0.717, 1.165) is 32.5 Å². The number of carbonyl (C=O) groups is 1. The standard InChI is InChI=1S/C11H22O3/c1-3-11(12)7-10-14-9-6-4-5-8-13-2/h3-10H2,1-2H3. The molecule has 3 heteroatoms. The third-order valence-corrected chi connectivity index (χ3v) is 2.06. The van der Waals surface area contributed by atoms with Gasteiger partial charge in [0.25, 0.3) is 0 Å². The zero-order valence-electron chi connectivity index (χ0n) is 9.38. The van der Waals surface area contributed by atoms with Crippen molar-refractivity contribution >= 4 is 5.78 Å². The number of methoxy groups -OCH3 is 1. The summed E-state index contributed by atoms with van der Waals surface area (Å²) >= 11 is 0. The van der Waals surface area contributed by atoms with Gasteiger partial charge in [-0.15, -0.1) is 0 Å². The molecule has 0 radical (unpaired) electrons. The maximum atomic E-state index is 10.9. The number of hydrogen-bond donors (Lipinski definition) is 0. The quantitative estimate of drug-likeness (QED) is 0.509. The van der Waals surface area contributed by atoms with Crippen LogP contribution in [0.4, 0.5) is 0 Å². The van der Waals surface area contributed by atoms with E-state index in [1.165, 1.54) is 0 Å². The van der Waals surface area contributed by atoms with Crippen molar-refractivity contribution in [1.29, 1.82) is 0 Å². The second kappa shape index (κ2) is 10.7. The van der Waals surface area contributed by atoms with Crippen molar-refractivity contribution in [3.05, 3.63) is 0 Å². The average Bonchev–Trinajstić information content (AvgIpc) is 2.21. The summed E-state index contributed by atoms with van der Waals surface area (Å²) in [4.78, 5) is 10.9. The number of unbranched alkanes of at least 4 members (excludes halogenated alkanes) is 2. The Labute approximate surface area is 86.8 Å². The molecule has 0 aromatic rings. The normalized spacial score (nSPS) is 10.4. The molecule has 0 fully saturated rings. The van der Waals surface area contributed by atoms with E-state index >= 15 is 0 Å². The molecule has 14 heavy (non-hydrogen) atoms. The van der Waals surface area contributed by atoms with Gasteiger partial charge in [-0.25, -0.2) is 0 Å². The van der Waals surface area contributed by atoms with Crippen LogP contribution >= 0.6 is 0 Å². The minimum absolute atomic E-state index is 0.282. The highest BCUT2D eigenvalue weighted by molar-refractivity contribution is 5.78. The van der Waals surface area contributed by atoms with Crippen LogP contribution in [0.2, 0.25) is 0 Å². The second-order valence-corrected chi connectivity index (χ2v) is 3.31. The molecule has 0 aromatic carbocycles. The van der Waals surface area contributed by atoms with Crippen LogP contribution in [0.25, 0.3) is 0 Å². The van der Waals surface area contributed by atoms with Crippen LogP contribution in [0.3, 0.4) is 0 Å². The molecule has 0 aliphatic heterocycles. The molecule has 0 saturated heterocycles. The molecule has 84 valence electrons. The Kier molecular flexibility index (Phi) is 10.4. The van der Waals surface area contributed by atoms with Gasteiger partial charge in [-0.2, -0.15) is 0 Å². The van der Waals surface area contributed by atoms with Gasteiger partial charge >= 0.3 is 0 Å². The van der Waals surface area contributed by atoms with E-state index in [2.05, 4.69) is 0 Å². The molecule has 0 N–H and O–H groups in total. The number of ketones is 1. The first-order chi connectivity index (χ1) is 6.81. The van der Waals surface area contributed by atoms with Gasteiger partial charge in [-0.1, -0.05) is 6.92 Å². The Morgan fingerprint density at radius 1 is 1.07 bits per heavy atom. The largest absolute Gasteiger partial charge is 0.385 e. The minimum atomic E-state index is 0.282. The van der Waals surface area contributed by atoms with Gasteiger partial charge in [-0.05, 0) is 19.3 Å². The fourth-order valence-electron chi connectivity index (χ4n) is 1.09. The maximum absolute atomic E-state index is 10.9. The van der Waals surface area contributed by atoms with Gasteiger partial charge in [-0.3, -0.25) is 4.79 Å². The van der Waals surface area contributed by atoms with Crippen molar-refractivity contribution in [2.24, 2.45) is 0 Å². The Hall–Kier alpha value is -0.410. The highest BCUT2D eigenvalue weighted by Crippen LogP contribution is 1.97. The molecule has 0 heterocycles. The topological polar surface area (TPSA) is 35.5 Å². The Balaban J connectivity index is 2.95. The van der Waals surface area contributed by atoms with E-state index in [4.69, 9.17) is 9.47 Å². The van der Waals surface area contributed by atoms with E-state index in [1.54, 1.807) is 7.11 Å². The van der Waals surface area contributed by atoms with E-state index in [-0.39, 0.29) is 5.78 Å². The van der Waals surface area contributed by atoms with Gasteiger partial charge in [0.2, 0.25) is 0 Å². The van der Waals surface area contributed by atoms with Crippen LogP contribution in [0, 0.1) is 0 Å². The van der Waals surface area contributed by atoms with Gasteiger partial charge in [0.1, 0.15) is 5.78 Å². The molecule has 0 rings (SSSR count). The molecule has 0 aliphatic carbocycles. The number of rotatable bonds is 10. The molecule has 0 spiro atoms. The molecule has 3 nitrogen and oxygen atoms in total. The SMILES string of the molecule is CCC(=O)CCOCCCCCOC. The molecule has 0 aliphatic rings. The zero-order chi connectivity index (χ0) is 10.6. The summed E-state index contributed by atoms with van der Waals surface area (Å²) in [5, 5.41) is 0. The molecule has 0 atom stereocenters. The third-order valence-electron chi connectivity index (χ3n) is 2.06. The van der Waals surface area contributed by atoms with Gasteiger partial charge in [0.05, 0.1) is 6.61 Å². The first-order valence-corrected chi connectivity index (χ1v) is 5.39. The Bertz CT molecular complexity index is 134. The maximum Gasteiger partial charge on any atom is 0.134 e. The fourth-order valence-corrected chi connectivity index (χ4v) is 1.09. The molecule has 0 bridgehead atoms. The summed E-state index contributed by atoms with van der Waals surface area (Å²) in [7, 11) is 1.72. The van der Waals surface area contributed by atoms with Crippen molar-refractivity contribution in [3.8, 4) is 0 Å². The van der Waals surface area contributed by atoms with Crippen molar-refractivity contribution in [2.45, 2.75) is 39.0 Å². The summed E-state index contributed by atoms with van der Waals surface area (Å²) in [5.74, 6) is 0.282. The lowest BCUT2D eigenvalue weighted by molar-refractivity contribution is -0.119. The van der Waals surface area contributed by atoms with Crippen molar-refractivity contribution in [2.75, 3.05) is 26.9 Å². The first-order valence-electron chi connectivity index (χ1n) is 5.39. The average molecular weight is 202 g/mol. The summed E-state index contributed by atoms with van der Waals surface area (Å²) in [6, 6.07) is 0. The number of hydrogen-bond acceptors (Lipinski definition) is 3. The zero-order valence-corrected chi connectivity index (χ0v) is 9.38. The lowest BCUT2D eigenvalue weighted by atomic mass is 10.2. The number of carbonyl (C=O) groups excluding carboxylic acids is 1. The van der Waals surface area contributed by atoms with E-state index < -0.39 is 0 Å². The van der Waals surface area contributed by atoms with Crippen LogP contribution in [0.5, 0.6) is 0 Å². The Morgan fingerprint density at radius 2 is 1.79 bits per heavy atom. The van der Waals surface area contributed by atoms with Crippen molar-refractivity contribution in [3.63, 3.8) is 0 Å². The van der Waals surface area contributed by atoms with E-state index in [1.807, 2.05) is 6.92 Å². The van der Waals surface area contributed by atoms with Crippen LogP contribution in [0.15, 0.2) is 0 Å². The Morgan fingerprint density at radius 3 is 2.43 bits per heavy atom. The summed E-state index contributed by atoms with van der Waals surface area (Å²) in [5.41, 5.74) is 0. The smallest absolute Gasteiger partial charge is 0.134 e. The summed E-state index contributed by atoms with van der Waals surface area (Å²) < 4.78 is 10.3. The fraction of sp³-hybridized carbons (Fsp3) is 0.909. The van der Waals surface area contributed by atoms with Gasteiger partial charge < -0.3 is 9.47 Å². The molecular formula is C11H22O3. The summed E-state index contributed by atoms with van der Waals surface area (Å²) in [6.07, 6.45) is 4.47. The first kappa shape index (κ1) is 13.6. The summed E-state index contributed by atoms with van der Waals surface area (Å²) in [6.45, 7) is 4.05. The lowest BCUT2D eigenvalue weighted by Gasteiger charge is -2.03. The van der Waals surface area contributed by atoms with E-state index in [0.29, 0.717) is 19.4 Å². The molecule has 0 saturated carbocycles. The molecule has 0 amide bonds. The predicted molar refractivity (Wildman–Crippen MR) is 56.5 cm³/mol. The van der Waals surface area contributed by atoms with Gasteiger partial charge in [0.15, 0.2) is 0 Å².